The summed E-state index contributed by atoms with van der Waals surface area (Å²) in [5, 5.41) is 7.05. The van der Waals surface area contributed by atoms with Crippen LogP contribution >= 0.6 is 0 Å². The third-order valence-corrected chi connectivity index (χ3v) is 2.18. The van der Waals surface area contributed by atoms with Crippen molar-refractivity contribution in [3.63, 3.8) is 0 Å². The maximum Gasteiger partial charge on any atom is 0.223 e. The molecule has 0 fully saturated rings. The van der Waals surface area contributed by atoms with E-state index < -0.39 is 0 Å². The standard InChI is InChI=1S/C11H21N3O3/c1-10-13-11(14-17-10)9-12-5-3-4-6-16-8-7-15-2/h12H,3-9H2,1-2H3. The van der Waals surface area contributed by atoms with Crippen LogP contribution in [0.4, 0.5) is 0 Å². The first-order valence-electron chi connectivity index (χ1n) is 5.89. The molecule has 0 atom stereocenters. The van der Waals surface area contributed by atoms with Crippen molar-refractivity contribution in [2.45, 2.75) is 26.3 Å². The molecule has 0 spiro atoms. The Labute approximate surface area is 102 Å². The lowest BCUT2D eigenvalue weighted by molar-refractivity contribution is 0.0688. The lowest BCUT2D eigenvalue weighted by Gasteiger charge is -2.04. The van der Waals surface area contributed by atoms with Crippen LogP contribution in [0.2, 0.25) is 0 Å². The lowest BCUT2D eigenvalue weighted by atomic mass is 10.3. The van der Waals surface area contributed by atoms with Gasteiger partial charge in [-0.2, -0.15) is 4.98 Å². The monoisotopic (exact) mass is 243 g/mol. The van der Waals surface area contributed by atoms with E-state index in [4.69, 9.17) is 14.0 Å². The SMILES string of the molecule is COCCOCCCCNCc1noc(C)n1. The summed E-state index contributed by atoms with van der Waals surface area (Å²) in [5.41, 5.74) is 0. The Morgan fingerprint density at radius 1 is 1.24 bits per heavy atom. The Morgan fingerprint density at radius 3 is 2.82 bits per heavy atom. The molecule has 0 radical (unpaired) electrons. The van der Waals surface area contributed by atoms with Crippen molar-refractivity contribution >= 4 is 0 Å². The van der Waals surface area contributed by atoms with E-state index in [9.17, 15) is 0 Å². The Hall–Kier alpha value is -0.980. The maximum absolute atomic E-state index is 5.35. The maximum atomic E-state index is 5.35. The molecule has 6 heteroatoms. The zero-order chi connectivity index (χ0) is 12.3. The van der Waals surface area contributed by atoms with Crippen molar-refractivity contribution < 1.29 is 14.0 Å². The molecule has 1 aromatic rings. The number of hydrogen-bond acceptors (Lipinski definition) is 6. The van der Waals surface area contributed by atoms with Crippen molar-refractivity contribution in [1.29, 1.82) is 0 Å². The molecule has 1 aromatic heterocycles. The molecular formula is C11H21N3O3. The number of hydrogen-bond donors (Lipinski definition) is 1. The van der Waals surface area contributed by atoms with Crippen molar-refractivity contribution in [2.24, 2.45) is 0 Å². The zero-order valence-electron chi connectivity index (χ0n) is 10.6. The second-order valence-corrected chi connectivity index (χ2v) is 3.72. The molecular weight excluding hydrogens is 222 g/mol. The van der Waals surface area contributed by atoms with Crippen molar-refractivity contribution in [3.05, 3.63) is 11.7 Å². The van der Waals surface area contributed by atoms with Crippen LogP contribution in [0.15, 0.2) is 4.52 Å². The minimum atomic E-state index is 0.605. The summed E-state index contributed by atoms with van der Waals surface area (Å²) in [6.07, 6.45) is 2.12. The quantitative estimate of drug-likeness (QED) is 0.616. The van der Waals surface area contributed by atoms with Crippen molar-refractivity contribution in [1.82, 2.24) is 15.5 Å². The minimum absolute atomic E-state index is 0.605. The molecule has 0 amide bonds. The summed E-state index contributed by atoms with van der Waals surface area (Å²) in [6.45, 7) is 5.49. The molecule has 1 rings (SSSR count). The highest BCUT2D eigenvalue weighted by Gasteiger charge is 2.00. The number of methoxy groups -OCH3 is 1. The van der Waals surface area contributed by atoms with Crippen LogP contribution in [0, 0.1) is 6.92 Å². The first-order valence-corrected chi connectivity index (χ1v) is 5.89. The van der Waals surface area contributed by atoms with Crippen molar-refractivity contribution in [2.75, 3.05) is 33.5 Å². The molecule has 1 N–H and O–H groups in total. The lowest BCUT2D eigenvalue weighted by Crippen LogP contribution is -2.16. The predicted molar refractivity (Wildman–Crippen MR) is 62.7 cm³/mol. The van der Waals surface area contributed by atoms with Gasteiger partial charge in [-0.25, -0.2) is 0 Å². The molecule has 0 saturated carbocycles. The van der Waals surface area contributed by atoms with E-state index >= 15 is 0 Å². The molecule has 0 bridgehead atoms. The minimum Gasteiger partial charge on any atom is -0.382 e. The molecule has 0 saturated heterocycles. The van der Waals surface area contributed by atoms with Crippen LogP contribution in [0.25, 0.3) is 0 Å². The van der Waals surface area contributed by atoms with E-state index in [1.807, 2.05) is 0 Å². The van der Waals surface area contributed by atoms with E-state index in [2.05, 4.69) is 15.5 Å². The van der Waals surface area contributed by atoms with Gasteiger partial charge >= 0.3 is 0 Å². The van der Waals surface area contributed by atoms with Gasteiger partial charge in [0.25, 0.3) is 0 Å². The fraction of sp³-hybridized carbons (Fsp3) is 0.818. The van der Waals surface area contributed by atoms with Crippen LogP contribution in [0.5, 0.6) is 0 Å². The van der Waals surface area contributed by atoms with Gasteiger partial charge in [-0.15, -0.1) is 0 Å². The predicted octanol–water partition coefficient (Wildman–Crippen LogP) is 0.911. The smallest absolute Gasteiger partial charge is 0.223 e. The molecule has 0 aliphatic heterocycles. The summed E-state index contributed by atoms with van der Waals surface area (Å²) >= 11 is 0. The van der Waals surface area contributed by atoms with E-state index in [-0.39, 0.29) is 0 Å². The molecule has 17 heavy (non-hydrogen) atoms. The Kier molecular flexibility index (Phi) is 7.53. The second kappa shape index (κ2) is 9.09. The average molecular weight is 243 g/mol. The fourth-order valence-corrected chi connectivity index (χ4v) is 1.31. The third-order valence-electron chi connectivity index (χ3n) is 2.18. The number of unbranched alkanes of at least 4 members (excludes halogenated alkanes) is 1. The summed E-state index contributed by atoms with van der Waals surface area (Å²) in [5.74, 6) is 1.31. The molecule has 0 aromatic carbocycles. The molecule has 98 valence electrons. The summed E-state index contributed by atoms with van der Waals surface area (Å²) < 4.78 is 15.1. The number of ether oxygens (including phenoxy) is 2. The number of rotatable bonds is 10. The highest BCUT2D eigenvalue weighted by Crippen LogP contribution is 1.94. The Morgan fingerprint density at radius 2 is 2.12 bits per heavy atom. The van der Waals surface area contributed by atoms with E-state index in [0.29, 0.717) is 31.5 Å². The van der Waals surface area contributed by atoms with Crippen LogP contribution in [0.3, 0.4) is 0 Å². The second-order valence-electron chi connectivity index (χ2n) is 3.72. The molecule has 6 nitrogen and oxygen atoms in total. The molecule has 0 aliphatic carbocycles. The van der Waals surface area contributed by atoms with Crippen LogP contribution < -0.4 is 5.32 Å². The van der Waals surface area contributed by atoms with Gasteiger partial charge in [-0.05, 0) is 19.4 Å². The molecule has 1 heterocycles. The highest BCUT2D eigenvalue weighted by molar-refractivity contribution is 4.82. The Bertz CT molecular complexity index is 291. The van der Waals surface area contributed by atoms with E-state index in [0.717, 1.165) is 26.0 Å². The van der Waals surface area contributed by atoms with Gasteiger partial charge in [0.1, 0.15) is 0 Å². The first kappa shape index (κ1) is 14.1. The van der Waals surface area contributed by atoms with Crippen molar-refractivity contribution in [3.8, 4) is 0 Å². The third kappa shape index (κ3) is 7.04. The van der Waals surface area contributed by atoms with Crippen LogP contribution in [0.1, 0.15) is 24.6 Å². The van der Waals surface area contributed by atoms with E-state index in [1.165, 1.54) is 0 Å². The summed E-state index contributed by atoms with van der Waals surface area (Å²) in [4.78, 5) is 4.10. The van der Waals surface area contributed by atoms with Gasteiger partial charge in [0.15, 0.2) is 5.82 Å². The topological polar surface area (TPSA) is 69.4 Å². The summed E-state index contributed by atoms with van der Waals surface area (Å²) in [7, 11) is 1.67. The van der Waals surface area contributed by atoms with Gasteiger partial charge in [0.2, 0.25) is 5.89 Å². The highest BCUT2D eigenvalue weighted by atomic mass is 16.5. The summed E-state index contributed by atoms with van der Waals surface area (Å²) in [6, 6.07) is 0. The molecule has 0 unspecified atom stereocenters. The number of aromatic nitrogens is 2. The number of nitrogens with zero attached hydrogens (tertiary/aromatic N) is 2. The van der Waals surface area contributed by atoms with Crippen LogP contribution in [-0.2, 0) is 16.0 Å². The molecule has 0 aliphatic rings. The largest absolute Gasteiger partial charge is 0.382 e. The van der Waals surface area contributed by atoms with Gasteiger partial charge in [0, 0.05) is 20.6 Å². The van der Waals surface area contributed by atoms with Crippen LogP contribution in [-0.4, -0.2) is 43.6 Å². The van der Waals surface area contributed by atoms with Gasteiger partial charge < -0.3 is 19.3 Å². The number of nitrogens with one attached hydrogen (secondary N) is 1. The normalized spacial score (nSPS) is 10.9. The fourth-order valence-electron chi connectivity index (χ4n) is 1.31. The first-order chi connectivity index (χ1) is 8.33. The van der Waals surface area contributed by atoms with Gasteiger partial charge in [-0.1, -0.05) is 5.16 Å². The van der Waals surface area contributed by atoms with E-state index in [1.54, 1.807) is 14.0 Å². The van der Waals surface area contributed by atoms with Gasteiger partial charge in [-0.3, -0.25) is 0 Å². The zero-order valence-corrected chi connectivity index (χ0v) is 10.6. The van der Waals surface area contributed by atoms with Gasteiger partial charge in [0.05, 0.1) is 19.8 Å². The average Bonchev–Trinajstić information content (AvgIpc) is 2.73. The number of aryl methyl sites for hydroxylation is 1. The Balaban J connectivity index is 1.84.